The smallest absolute Gasteiger partial charge is 0.339 e. The van der Waals surface area contributed by atoms with Crippen LogP contribution >= 0.6 is 0 Å². The third-order valence-electron chi connectivity index (χ3n) is 4.94. The summed E-state index contributed by atoms with van der Waals surface area (Å²) in [5, 5.41) is 6.82. The fourth-order valence-corrected chi connectivity index (χ4v) is 4.06. The number of hydrogen-bond acceptors (Lipinski definition) is 7. The van der Waals surface area contributed by atoms with E-state index in [0.717, 1.165) is 11.3 Å². The highest BCUT2D eigenvalue weighted by atomic mass is 32.2. The molecule has 35 heavy (non-hydrogen) atoms. The first-order valence-electron chi connectivity index (χ1n) is 10.5. The van der Waals surface area contributed by atoms with Gasteiger partial charge in [-0.25, -0.2) is 9.67 Å². The normalized spacial score (nSPS) is 11.4. The summed E-state index contributed by atoms with van der Waals surface area (Å²) in [4.78, 5) is 16.3. The number of methoxy groups -OCH3 is 1. The van der Waals surface area contributed by atoms with Crippen molar-refractivity contribution in [3.63, 3.8) is 0 Å². The Balaban J connectivity index is 1.42. The predicted molar refractivity (Wildman–Crippen MR) is 131 cm³/mol. The fourth-order valence-electron chi connectivity index (χ4n) is 3.12. The SMILES string of the molecule is COc1cc(/C=C\C(=O)Nc2ccc(-n3cncn3)cc2)ccc1OS(=O)(=O)c1ccc(C)cc1. The van der Waals surface area contributed by atoms with Crippen molar-refractivity contribution in [2.75, 3.05) is 12.4 Å². The van der Waals surface area contributed by atoms with Gasteiger partial charge in [-0.05, 0) is 67.1 Å². The first kappa shape index (κ1) is 23.7. The van der Waals surface area contributed by atoms with Crippen LogP contribution in [0.3, 0.4) is 0 Å². The second kappa shape index (κ2) is 10.2. The molecular formula is C25H22N4O5S. The number of anilines is 1. The van der Waals surface area contributed by atoms with Crippen LogP contribution in [0.25, 0.3) is 11.8 Å². The molecule has 0 aliphatic carbocycles. The lowest BCUT2D eigenvalue weighted by atomic mass is 10.2. The molecule has 9 nitrogen and oxygen atoms in total. The average molecular weight is 491 g/mol. The van der Waals surface area contributed by atoms with Gasteiger partial charge in [-0.2, -0.15) is 13.5 Å². The monoisotopic (exact) mass is 490 g/mol. The summed E-state index contributed by atoms with van der Waals surface area (Å²) in [7, 11) is -2.62. The average Bonchev–Trinajstić information content (AvgIpc) is 3.39. The van der Waals surface area contributed by atoms with Gasteiger partial charge in [0, 0.05) is 11.8 Å². The molecule has 178 valence electrons. The molecule has 0 aliphatic heterocycles. The van der Waals surface area contributed by atoms with Crippen molar-refractivity contribution in [3.05, 3.63) is 96.6 Å². The summed E-state index contributed by atoms with van der Waals surface area (Å²) >= 11 is 0. The molecule has 0 unspecified atom stereocenters. The van der Waals surface area contributed by atoms with Gasteiger partial charge in [-0.1, -0.05) is 23.8 Å². The van der Waals surface area contributed by atoms with Crippen LogP contribution in [0.4, 0.5) is 5.69 Å². The molecule has 1 heterocycles. The molecule has 0 radical (unpaired) electrons. The van der Waals surface area contributed by atoms with Gasteiger partial charge in [-0.3, -0.25) is 4.79 Å². The minimum absolute atomic E-state index is 0.0418. The number of aryl methyl sites for hydroxylation is 1. The number of aromatic nitrogens is 3. The van der Waals surface area contributed by atoms with Crippen LogP contribution < -0.4 is 14.2 Å². The van der Waals surface area contributed by atoms with E-state index in [-0.39, 0.29) is 22.3 Å². The number of nitrogens with one attached hydrogen (secondary N) is 1. The molecule has 0 fully saturated rings. The van der Waals surface area contributed by atoms with Crippen molar-refractivity contribution >= 4 is 27.8 Å². The number of hydrogen-bond donors (Lipinski definition) is 1. The molecule has 3 aromatic carbocycles. The molecular weight excluding hydrogens is 468 g/mol. The standard InChI is InChI=1S/C25H22N4O5S/c1-18-3-11-22(12-4-18)35(31,32)34-23-13-5-19(15-24(23)33-2)6-14-25(30)28-20-7-9-21(10-8-20)29-17-26-16-27-29/h3-17H,1-2H3,(H,28,30)/b14-6-. The van der Waals surface area contributed by atoms with E-state index in [0.29, 0.717) is 11.3 Å². The van der Waals surface area contributed by atoms with E-state index >= 15 is 0 Å². The zero-order valence-corrected chi connectivity index (χ0v) is 19.8. The molecule has 0 aliphatic rings. The van der Waals surface area contributed by atoms with E-state index in [1.807, 2.05) is 19.1 Å². The molecule has 4 aromatic rings. The van der Waals surface area contributed by atoms with Crippen molar-refractivity contribution in [3.8, 4) is 17.2 Å². The Morgan fingerprint density at radius 3 is 2.40 bits per heavy atom. The fraction of sp³-hybridized carbons (Fsp3) is 0.0800. The highest BCUT2D eigenvalue weighted by Crippen LogP contribution is 2.31. The van der Waals surface area contributed by atoms with Crippen LogP contribution in [0, 0.1) is 6.92 Å². The molecule has 0 saturated heterocycles. The second-order valence-corrected chi connectivity index (χ2v) is 9.02. The molecule has 0 atom stereocenters. The molecule has 1 amide bonds. The summed E-state index contributed by atoms with van der Waals surface area (Å²) in [6.07, 6.45) is 5.97. The van der Waals surface area contributed by atoms with Gasteiger partial charge in [0.25, 0.3) is 0 Å². The Morgan fingerprint density at radius 2 is 1.74 bits per heavy atom. The van der Waals surface area contributed by atoms with Crippen LogP contribution in [0.15, 0.2) is 90.4 Å². The predicted octanol–water partition coefficient (Wildman–Crippen LogP) is 4.00. The second-order valence-electron chi connectivity index (χ2n) is 7.47. The molecule has 0 spiro atoms. The Morgan fingerprint density at radius 1 is 1.00 bits per heavy atom. The molecule has 10 heteroatoms. The Hall–Kier alpha value is -4.44. The summed E-state index contributed by atoms with van der Waals surface area (Å²) < 4.78 is 37.4. The highest BCUT2D eigenvalue weighted by molar-refractivity contribution is 7.87. The van der Waals surface area contributed by atoms with Crippen molar-refractivity contribution in [1.82, 2.24) is 14.8 Å². The van der Waals surface area contributed by atoms with Crippen LogP contribution in [0.5, 0.6) is 11.5 Å². The number of nitrogens with zero attached hydrogens (tertiary/aromatic N) is 3. The third kappa shape index (κ3) is 5.92. The maximum Gasteiger partial charge on any atom is 0.339 e. The largest absolute Gasteiger partial charge is 0.493 e. The third-order valence-corrected chi connectivity index (χ3v) is 6.19. The minimum atomic E-state index is -4.02. The molecule has 1 N–H and O–H groups in total. The quantitative estimate of drug-likeness (QED) is 0.293. The minimum Gasteiger partial charge on any atom is -0.493 e. The van der Waals surface area contributed by atoms with Crippen LogP contribution in [0.2, 0.25) is 0 Å². The molecule has 1 aromatic heterocycles. The highest BCUT2D eigenvalue weighted by Gasteiger charge is 2.19. The van der Waals surface area contributed by atoms with E-state index < -0.39 is 10.1 Å². The first-order chi connectivity index (χ1) is 16.8. The van der Waals surface area contributed by atoms with E-state index in [2.05, 4.69) is 15.4 Å². The van der Waals surface area contributed by atoms with Crippen LogP contribution in [-0.4, -0.2) is 36.2 Å². The molecule has 0 saturated carbocycles. The summed E-state index contributed by atoms with van der Waals surface area (Å²) in [6, 6.07) is 18.2. The summed E-state index contributed by atoms with van der Waals surface area (Å²) in [6.45, 7) is 1.86. The van der Waals surface area contributed by atoms with Crippen molar-refractivity contribution in [2.45, 2.75) is 11.8 Å². The lowest BCUT2D eigenvalue weighted by molar-refractivity contribution is -0.111. The van der Waals surface area contributed by atoms with E-state index in [1.54, 1.807) is 53.5 Å². The van der Waals surface area contributed by atoms with Gasteiger partial charge >= 0.3 is 10.1 Å². The zero-order valence-electron chi connectivity index (χ0n) is 19.0. The Bertz CT molecular complexity index is 1450. The van der Waals surface area contributed by atoms with Crippen LogP contribution in [0.1, 0.15) is 11.1 Å². The number of benzene rings is 3. The van der Waals surface area contributed by atoms with Crippen molar-refractivity contribution in [2.24, 2.45) is 0 Å². The van der Waals surface area contributed by atoms with Gasteiger partial charge in [-0.15, -0.1) is 0 Å². The number of carbonyl (C=O) groups excluding carboxylic acids is 1. The Labute approximate surface area is 202 Å². The maximum absolute atomic E-state index is 12.6. The lowest BCUT2D eigenvalue weighted by Gasteiger charge is -2.11. The van der Waals surface area contributed by atoms with Gasteiger partial charge in [0.1, 0.15) is 17.6 Å². The van der Waals surface area contributed by atoms with Gasteiger partial charge in [0.2, 0.25) is 5.91 Å². The van der Waals surface area contributed by atoms with E-state index in [4.69, 9.17) is 8.92 Å². The first-order valence-corrected chi connectivity index (χ1v) is 11.9. The molecule has 4 rings (SSSR count). The van der Waals surface area contributed by atoms with E-state index in [1.165, 1.54) is 37.7 Å². The van der Waals surface area contributed by atoms with Crippen molar-refractivity contribution < 1.29 is 22.1 Å². The van der Waals surface area contributed by atoms with Crippen molar-refractivity contribution in [1.29, 1.82) is 0 Å². The number of ether oxygens (including phenoxy) is 1. The van der Waals surface area contributed by atoms with Gasteiger partial charge in [0.15, 0.2) is 11.5 Å². The number of rotatable bonds is 8. The van der Waals surface area contributed by atoms with E-state index in [9.17, 15) is 13.2 Å². The zero-order chi connectivity index (χ0) is 24.8. The lowest BCUT2D eigenvalue weighted by Crippen LogP contribution is -2.10. The van der Waals surface area contributed by atoms with Gasteiger partial charge in [0.05, 0.1) is 12.8 Å². The summed E-state index contributed by atoms with van der Waals surface area (Å²) in [5.41, 5.74) is 2.99. The molecule has 0 bridgehead atoms. The van der Waals surface area contributed by atoms with Crippen LogP contribution in [-0.2, 0) is 14.9 Å². The summed E-state index contributed by atoms with van der Waals surface area (Å²) in [5.74, 6) is -0.0751. The number of amides is 1. The van der Waals surface area contributed by atoms with Gasteiger partial charge < -0.3 is 14.2 Å². The Kier molecular flexibility index (Phi) is 6.93. The topological polar surface area (TPSA) is 112 Å². The number of carbonyl (C=O) groups is 1. The maximum atomic E-state index is 12.6.